The molecule has 1 aromatic rings. The molecule has 0 spiro atoms. The fraction of sp³-hybridized carbons (Fsp3) is 0.556. The zero-order valence-electron chi connectivity index (χ0n) is 8.15. The number of hydrogen-bond donors (Lipinski definition) is 1. The Balaban J connectivity index is 2.05. The Labute approximate surface area is 92.6 Å². The summed E-state index contributed by atoms with van der Waals surface area (Å²) in [6.45, 7) is 1.42. The van der Waals surface area contributed by atoms with E-state index in [1.165, 1.54) is 6.20 Å². The number of hydrogen-bond acceptors (Lipinski definition) is 5. The smallest absolute Gasteiger partial charge is 0.241 e. The maximum absolute atomic E-state index is 5.67. The molecule has 1 aliphatic rings. The second-order valence-electron chi connectivity index (χ2n) is 3.33. The van der Waals surface area contributed by atoms with Crippen LogP contribution in [0.25, 0.3) is 0 Å². The highest BCUT2D eigenvalue weighted by Crippen LogP contribution is 2.22. The third-order valence-electron chi connectivity index (χ3n) is 2.20. The quantitative estimate of drug-likeness (QED) is 0.774. The van der Waals surface area contributed by atoms with Crippen molar-refractivity contribution >= 4 is 17.3 Å². The summed E-state index contributed by atoms with van der Waals surface area (Å²) < 4.78 is 10.8. The lowest BCUT2D eigenvalue weighted by Crippen LogP contribution is -2.26. The van der Waals surface area contributed by atoms with E-state index in [9.17, 15) is 0 Å². The second-order valence-corrected chi connectivity index (χ2v) is 3.67. The van der Waals surface area contributed by atoms with Crippen LogP contribution in [0.1, 0.15) is 12.8 Å². The van der Waals surface area contributed by atoms with Gasteiger partial charge in [-0.15, -0.1) is 0 Å². The average molecular weight is 230 g/mol. The van der Waals surface area contributed by atoms with Crippen LogP contribution in [0.4, 0.5) is 5.69 Å². The average Bonchev–Trinajstić information content (AvgIpc) is 2.25. The van der Waals surface area contributed by atoms with E-state index in [2.05, 4.69) is 9.97 Å². The van der Waals surface area contributed by atoms with E-state index in [0.29, 0.717) is 24.8 Å². The summed E-state index contributed by atoms with van der Waals surface area (Å²) in [7, 11) is 0. The topological polar surface area (TPSA) is 70.3 Å². The third kappa shape index (κ3) is 2.70. The highest BCUT2D eigenvalue weighted by Gasteiger charge is 2.17. The van der Waals surface area contributed by atoms with Crippen LogP contribution in [-0.2, 0) is 4.74 Å². The van der Waals surface area contributed by atoms with Crippen molar-refractivity contribution in [1.29, 1.82) is 0 Å². The Hall–Kier alpha value is -1.07. The van der Waals surface area contributed by atoms with Crippen LogP contribution in [-0.4, -0.2) is 29.3 Å². The lowest BCUT2D eigenvalue weighted by atomic mass is 10.1. The number of nitrogen functional groups attached to an aromatic ring is 1. The number of anilines is 1. The number of rotatable bonds is 2. The van der Waals surface area contributed by atoms with Crippen LogP contribution < -0.4 is 10.5 Å². The summed E-state index contributed by atoms with van der Waals surface area (Å²) in [6.07, 6.45) is 3.25. The molecule has 6 heteroatoms. The monoisotopic (exact) mass is 229 g/mol. The van der Waals surface area contributed by atoms with Crippen LogP contribution in [0.3, 0.4) is 0 Å². The first-order valence-electron chi connectivity index (χ1n) is 4.78. The van der Waals surface area contributed by atoms with Gasteiger partial charge in [-0.2, -0.15) is 4.98 Å². The molecule has 2 N–H and O–H groups in total. The standard InChI is InChI=1S/C9H12ClN3O2/c10-9-12-5-7(11)8(13-9)15-6-1-3-14-4-2-6/h5-6H,1-4,11H2. The Morgan fingerprint density at radius 1 is 1.47 bits per heavy atom. The van der Waals surface area contributed by atoms with Crippen molar-refractivity contribution in [2.45, 2.75) is 18.9 Å². The molecule has 82 valence electrons. The van der Waals surface area contributed by atoms with Gasteiger partial charge >= 0.3 is 0 Å². The summed E-state index contributed by atoms with van der Waals surface area (Å²) >= 11 is 5.65. The van der Waals surface area contributed by atoms with Gasteiger partial charge in [-0.3, -0.25) is 0 Å². The van der Waals surface area contributed by atoms with Crippen molar-refractivity contribution in [2.24, 2.45) is 0 Å². The van der Waals surface area contributed by atoms with Gasteiger partial charge < -0.3 is 15.2 Å². The van der Waals surface area contributed by atoms with Crippen molar-refractivity contribution < 1.29 is 9.47 Å². The van der Waals surface area contributed by atoms with Gasteiger partial charge in [0.05, 0.1) is 19.4 Å². The predicted molar refractivity (Wildman–Crippen MR) is 55.9 cm³/mol. The van der Waals surface area contributed by atoms with Crippen molar-refractivity contribution in [3.8, 4) is 5.88 Å². The SMILES string of the molecule is Nc1cnc(Cl)nc1OC1CCOCC1. The van der Waals surface area contributed by atoms with Crippen molar-refractivity contribution in [3.05, 3.63) is 11.5 Å². The van der Waals surface area contributed by atoms with Crippen LogP contribution in [0, 0.1) is 0 Å². The largest absolute Gasteiger partial charge is 0.473 e. The van der Waals surface area contributed by atoms with Crippen molar-refractivity contribution in [1.82, 2.24) is 9.97 Å². The molecule has 0 saturated carbocycles. The third-order valence-corrected chi connectivity index (χ3v) is 2.38. The van der Waals surface area contributed by atoms with Gasteiger partial charge in [-0.25, -0.2) is 4.98 Å². The first-order chi connectivity index (χ1) is 7.25. The molecule has 0 atom stereocenters. The number of nitrogens with two attached hydrogens (primary N) is 1. The van der Waals surface area contributed by atoms with Gasteiger partial charge in [0.2, 0.25) is 11.2 Å². The highest BCUT2D eigenvalue weighted by molar-refractivity contribution is 6.28. The molecule has 2 heterocycles. The van der Waals surface area contributed by atoms with E-state index < -0.39 is 0 Å². The molecule has 5 nitrogen and oxygen atoms in total. The molecule has 0 aliphatic carbocycles. The van der Waals surface area contributed by atoms with Crippen LogP contribution in [0.15, 0.2) is 6.20 Å². The zero-order chi connectivity index (χ0) is 10.7. The Morgan fingerprint density at radius 3 is 2.93 bits per heavy atom. The molecule has 1 saturated heterocycles. The molecule has 2 rings (SSSR count). The van der Waals surface area contributed by atoms with Gasteiger partial charge in [0.1, 0.15) is 11.8 Å². The molecule has 0 aromatic carbocycles. The number of aromatic nitrogens is 2. The van der Waals surface area contributed by atoms with E-state index in [1.54, 1.807) is 0 Å². The fourth-order valence-electron chi connectivity index (χ4n) is 1.40. The maximum atomic E-state index is 5.67. The fourth-order valence-corrected chi connectivity index (χ4v) is 1.53. The minimum atomic E-state index is 0.104. The van der Waals surface area contributed by atoms with E-state index in [1.807, 2.05) is 0 Å². The second kappa shape index (κ2) is 4.63. The summed E-state index contributed by atoms with van der Waals surface area (Å²) in [6, 6.07) is 0. The lowest BCUT2D eigenvalue weighted by Gasteiger charge is -2.23. The molecule has 1 aromatic heterocycles. The number of halogens is 1. The Morgan fingerprint density at radius 2 is 2.20 bits per heavy atom. The van der Waals surface area contributed by atoms with Gasteiger partial charge in [0.15, 0.2) is 0 Å². The summed E-state index contributed by atoms with van der Waals surface area (Å²) in [5, 5.41) is 0.145. The van der Waals surface area contributed by atoms with Crippen LogP contribution in [0.5, 0.6) is 5.88 Å². The minimum Gasteiger partial charge on any atom is -0.473 e. The molecule has 1 aliphatic heterocycles. The summed E-state index contributed by atoms with van der Waals surface area (Å²) in [4.78, 5) is 7.69. The van der Waals surface area contributed by atoms with Crippen LogP contribution >= 0.6 is 11.6 Å². The van der Waals surface area contributed by atoms with Gasteiger partial charge in [-0.05, 0) is 11.6 Å². The molecule has 1 fully saturated rings. The van der Waals surface area contributed by atoms with Crippen molar-refractivity contribution in [2.75, 3.05) is 18.9 Å². The molecule has 0 unspecified atom stereocenters. The first-order valence-corrected chi connectivity index (χ1v) is 5.16. The van der Waals surface area contributed by atoms with Gasteiger partial charge in [0, 0.05) is 12.8 Å². The van der Waals surface area contributed by atoms with Crippen molar-refractivity contribution in [3.63, 3.8) is 0 Å². The molecule has 0 amide bonds. The van der Waals surface area contributed by atoms with E-state index in [0.717, 1.165) is 12.8 Å². The predicted octanol–water partition coefficient (Wildman–Crippen LogP) is 1.27. The zero-order valence-corrected chi connectivity index (χ0v) is 8.91. The lowest BCUT2D eigenvalue weighted by molar-refractivity contribution is 0.0240. The minimum absolute atomic E-state index is 0.104. The Kier molecular flexibility index (Phi) is 3.23. The molecule has 15 heavy (non-hydrogen) atoms. The number of ether oxygens (including phenoxy) is 2. The molecular formula is C9H12ClN3O2. The molecular weight excluding hydrogens is 218 g/mol. The Bertz CT molecular complexity index is 342. The first kappa shape index (κ1) is 10.4. The number of nitrogens with zero attached hydrogens (tertiary/aromatic N) is 2. The van der Waals surface area contributed by atoms with Gasteiger partial charge in [0.25, 0.3) is 0 Å². The molecule has 0 radical (unpaired) electrons. The van der Waals surface area contributed by atoms with E-state index >= 15 is 0 Å². The van der Waals surface area contributed by atoms with E-state index in [4.69, 9.17) is 26.8 Å². The van der Waals surface area contributed by atoms with Crippen LogP contribution in [0.2, 0.25) is 5.28 Å². The maximum Gasteiger partial charge on any atom is 0.241 e. The molecule has 0 bridgehead atoms. The summed E-state index contributed by atoms with van der Waals surface area (Å²) in [5.41, 5.74) is 6.07. The van der Waals surface area contributed by atoms with Gasteiger partial charge in [-0.1, -0.05) is 0 Å². The van der Waals surface area contributed by atoms with E-state index in [-0.39, 0.29) is 11.4 Å². The summed E-state index contributed by atoms with van der Waals surface area (Å²) in [5.74, 6) is 0.363. The normalized spacial score (nSPS) is 17.7. The highest BCUT2D eigenvalue weighted by atomic mass is 35.5.